The highest BCUT2D eigenvalue weighted by Gasteiger charge is 2.41. The van der Waals surface area contributed by atoms with Crippen LogP contribution in [0.1, 0.15) is 56.1 Å². The summed E-state index contributed by atoms with van der Waals surface area (Å²) < 4.78 is 26.2. The van der Waals surface area contributed by atoms with E-state index in [1.165, 1.54) is 19.2 Å². The molecule has 3 unspecified atom stereocenters. The molecular weight excluding hydrogens is 670 g/mol. The summed E-state index contributed by atoms with van der Waals surface area (Å²) >= 11 is 2.05. The Morgan fingerprint density at radius 3 is 2.49 bits per heavy atom. The lowest BCUT2D eigenvalue weighted by Gasteiger charge is -2.41. The van der Waals surface area contributed by atoms with Gasteiger partial charge in [0.05, 0.1) is 29.9 Å². The van der Waals surface area contributed by atoms with Crippen LogP contribution in [0.5, 0.6) is 11.5 Å². The molecule has 4 N–H and O–H groups in total. The summed E-state index contributed by atoms with van der Waals surface area (Å²) in [5.41, 5.74) is 1.62. The summed E-state index contributed by atoms with van der Waals surface area (Å²) in [7, 11) is 1.47. The maximum Gasteiger partial charge on any atom is 0.247 e. The second-order valence-electron chi connectivity index (χ2n) is 11.1. The number of rotatable bonds is 13. The van der Waals surface area contributed by atoms with Crippen LogP contribution < -0.4 is 14.8 Å². The highest BCUT2D eigenvalue weighted by molar-refractivity contribution is 14.1. The Labute approximate surface area is 265 Å². The topological polar surface area (TPSA) is 129 Å². The SMILES string of the molecule is COc1cc(CO)cc(I)c1OC1C=C(C(=O)NCCO)CC(N(Cc2ccc(F)cc2)C(=O)CCC2CCCC2)C1O. The molecule has 234 valence electrons. The van der Waals surface area contributed by atoms with Gasteiger partial charge in [0.15, 0.2) is 11.5 Å². The third-order valence-corrected chi connectivity index (χ3v) is 8.97. The number of ether oxygens (including phenoxy) is 2. The third kappa shape index (κ3) is 8.68. The third-order valence-electron chi connectivity index (χ3n) is 8.17. The van der Waals surface area contributed by atoms with Crippen molar-refractivity contribution in [1.82, 2.24) is 10.2 Å². The smallest absolute Gasteiger partial charge is 0.247 e. The van der Waals surface area contributed by atoms with Crippen LogP contribution in [0.25, 0.3) is 0 Å². The van der Waals surface area contributed by atoms with E-state index < -0.39 is 30.0 Å². The molecule has 11 heteroatoms. The van der Waals surface area contributed by atoms with Gasteiger partial charge in [-0.3, -0.25) is 9.59 Å². The van der Waals surface area contributed by atoms with Crippen LogP contribution in [0.3, 0.4) is 0 Å². The van der Waals surface area contributed by atoms with E-state index in [2.05, 4.69) is 27.9 Å². The Bertz CT molecular complexity index is 1280. The van der Waals surface area contributed by atoms with Gasteiger partial charge in [-0.2, -0.15) is 0 Å². The number of amides is 2. The van der Waals surface area contributed by atoms with Crippen molar-refractivity contribution in [3.05, 3.63) is 68.6 Å². The van der Waals surface area contributed by atoms with Crippen LogP contribution >= 0.6 is 22.6 Å². The number of hydrogen-bond acceptors (Lipinski definition) is 7. The molecule has 2 aromatic carbocycles. The number of nitrogens with zero attached hydrogens (tertiary/aromatic N) is 1. The van der Waals surface area contributed by atoms with Crippen LogP contribution in [0.2, 0.25) is 0 Å². The number of methoxy groups -OCH3 is 1. The van der Waals surface area contributed by atoms with Gasteiger partial charge in [0.1, 0.15) is 18.0 Å². The van der Waals surface area contributed by atoms with Crippen LogP contribution in [0.15, 0.2) is 48.0 Å². The first-order chi connectivity index (χ1) is 20.7. The zero-order valence-corrected chi connectivity index (χ0v) is 26.5. The number of hydrogen-bond donors (Lipinski definition) is 4. The number of benzene rings is 2. The maximum atomic E-state index is 13.9. The second kappa shape index (κ2) is 15.8. The molecule has 4 rings (SSSR count). The van der Waals surface area contributed by atoms with Crippen molar-refractivity contribution >= 4 is 34.4 Å². The first-order valence-corrected chi connectivity index (χ1v) is 15.8. The largest absolute Gasteiger partial charge is 0.493 e. The molecule has 2 aliphatic rings. The van der Waals surface area contributed by atoms with Gasteiger partial charge in [-0.05, 0) is 76.4 Å². The average molecular weight is 711 g/mol. The lowest BCUT2D eigenvalue weighted by Crippen LogP contribution is -2.54. The normalized spacial score (nSPS) is 20.4. The maximum absolute atomic E-state index is 13.9. The molecule has 2 aliphatic carbocycles. The minimum atomic E-state index is -1.22. The first kappa shape index (κ1) is 33.2. The van der Waals surface area contributed by atoms with Gasteiger partial charge < -0.3 is 35.0 Å². The fourth-order valence-electron chi connectivity index (χ4n) is 5.84. The monoisotopic (exact) mass is 710 g/mol. The summed E-state index contributed by atoms with van der Waals surface area (Å²) in [6.45, 7) is -0.274. The molecule has 0 aromatic heterocycles. The molecule has 0 radical (unpaired) electrons. The molecule has 9 nitrogen and oxygen atoms in total. The van der Waals surface area contributed by atoms with Crippen molar-refractivity contribution in [3.63, 3.8) is 0 Å². The molecule has 1 saturated carbocycles. The van der Waals surface area contributed by atoms with Crippen molar-refractivity contribution in [2.24, 2.45) is 5.92 Å². The number of carbonyl (C=O) groups is 2. The summed E-state index contributed by atoms with van der Waals surface area (Å²) in [5, 5.41) is 33.3. The van der Waals surface area contributed by atoms with Gasteiger partial charge in [-0.15, -0.1) is 0 Å². The van der Waals surface area contributed by atoms with E-state index in [0.717, 1.165) is 32.1 Å². The van der Waals surface area contributed by atoms with Crippen LogP contribution in [-0.2, 0) is 22.7 Å². The van der Waals surface area contributed by atoms with Crippen LogP contribution in [-0.4, -0.2) is 70.5 Å². The number of aliphatic hydroxyl groups excluding tert-OH is 3. The summed E-state index contributed by atoms with van der Waals surface area (Å²) in [6, 6.07) is 8.42. The molecule has 0 heterocycles. The number of aliphatic hydroxyl groups is 3. The van der Waals surface area contributed by atoms with Crippen molar-refractivity contribution in [2.45, 2.75) is 76.3 Å². The molecule has 0 bridgehead atoms. The van der Waals surface area contributed by atoms with E-state index >= 15 is 0 Å². The summed E-state index contributed by atoms with van der Waals surface area (Å²) in [6.07, 6.45) is 4.92. The van der Waals surface area contributed by atoms with Gasteiger partial charge in [0.25, 0.3) is 0 Å². The lowest BCUT2D eigenvalue weighted by atomic mass is 9.87. The second-order valence-corrected chi connectivity index (χ2v) is 12.3. The molecule has 2 aromatic rings. The fourth-order valence-corrected chi connectivity index (χ4v) is 6.63. The predicted octanol–water partition coefficient (Wildman–Crippen LogP) is 3.85. The Hall–Kier alpha value is -2.74. The van der Waals surface area contributed by atoms with Gasteiger partial charge in [0, 0.05) is 31.5 Å². The minimum Gasteiger partial charge on any atom is -0.493 e. The van der Waals surface area contributed by atoms with Crippen molar-refractivity contribution in [2.75, 3.05) is 20.3 Å². The quantitative estimate of drug-likeness (QED) is 0.233. The molecule has 0 spiro atoms. The molecule has 0 aliphatic heterocycles. The minimum absolute atomic E-state index is 0.0445. The van der Waals surface area contributed by atoms with Crippen molar-refractivity contribution in [3.8, 4) is 11.5 Å². The van der Waals surface area contributed by atoms with Gasteiger partial charge >= 0.3 is 0 Å². The summed E-state index contributed by atoms with van der Waals surface area (Å²) in [5.74, 6) is 0.179. The zero-order chi connectivity index (χ0) is 30.9. The highest BCUT2D eigenvalue weighted by Crippen LogP contribution is 2.38. The van der Waals surface area contributed by atoms with E-state index in [-0.39, 0.29) is 38.6 Å². The lowest BCUT2D eigenvalue weighted by molar-refractivity contribution is -0.139. The molecular formula is C32H40FIN2O7. The summed E-state index contributed by atoms with van der Waals surface area (Å²) in [4.78, 5) is 28.6. The standard InChI is InChI=1S/C32H40FIN2O7/c1-42-28-15-22(19-38)14-25(34)31(28)43-27-17-23(32(41)35-12-13-37)16-26(30(27)40)36(18-21-6-9-24(33)10-7-21)29(39)11-8-20-4-2-3-5-20/h6-7,9-10,14-15,17,20,26-27,30,37-38,40H,2-5,8,11-13,16,18-19H2,1H3,(H,35,41). The zero-order valence-electron chi connectivity index (χ0n) is 24.3. The average Bonchev–Trinajstić information content (AvgIpc) is 3.54. The Kier molecular flexibility index (Phi) is 12.2. The Morgan fingerprint density at radius 1 is 1.12 bits per heavy atom. The fraction of sp³-hybridized carbons (Fsp3) is 0.500. The highest BCUT2D eigenvalue weighted by atomic mass is 127. The van der Waals surface area contributed by atoms with Crippen LogP contribution in [0.4, 0.5) is 4.39 Å². The van der Waals surface area contributed by atoms with E-state index in [4.69, 9.17) is 9.47 Å². The number of carbonyl (C=O) groups excluding carboxylic acids is 2. The molecule has 3 atom stereocenters. The molecule has 0 saturated heterocycles. The van der Waals surface area contributed by atoms with Crippen LogP contribution in [0, 0.1) is 15.3 Å². The van der Waals surface area contributed by atoms with E-state index in [1.54, 1.807) is 35.2 Å². The first-order valence-electron chi connectivity index (χ1n) is 14.7. The van der Waals surface area contributed by atoms with Gasteiger partial charge in [-0.25, -0.2) is 4.39 Å². The van der Waals surface area contributed by atoms with Crippen molar-refractivity contribution < 1.29 is 38.8 Å². The predicted molar refractivity (Wildman–Crippen MR) is 167 cm³/mol. The molecule has 43 heavy (non-hydrogen) atoms. The van der Waals surface area contributed by atoms with Crippen molar-refractivity contribution in [1.29, 1.82) is 0 Å². The van der Waals surface area contributed by atoms with Gasteiger partial charge in [0.2, 0.25) is 11.8 Å². The Balaban J connectivity index is 1.68. The number of nitrogens with one attached hydrogen (secondary N) is 1. The Morgan fingerprint density at radius 2 is 1.84 bits per heavy atom. The molecule has 2 amide bonds. The van der Waals surface area contributed by atoms with E-state index in [1.807, 2.05) is 0 Å². The van der Waals surface area contributed by atoms with Gasteiger partial charge in [-0.1, -0.05) is 37.8 Å². The molecule has 1 fully saturated rings. The van der Waals surface area contributed by atoms with E-state index in [9.17, 15) is 29.3 Å². The van der Waals surface area contributed by atoms with E-state index in [0.29, 0.717) is 44.1 Å². The number of halogens is 2.